The molecular weight excluding hydrogens is 913 g/mol. The lowest BCUT2D eigenvalue weighted by Crippen LogP contribution is -2.17. The fraction of sp³-hybridized carbons (Fsp3) is 0.968. The molecule has 0 radical (unpaired) electrons. The molecule has 0 aromatic heterocycles. The van der Waals surface area contributed by atoms with E-state index in [2.05, 4.69) is 55.4 Å². The van der Waals surface area contributed by atoms with Gasteiger partial charge in [0.15, 0.2) is 0 Å². The largest absolute Gasteiger partial charge is 0.481 e. The quantitative estimate of drug-likeness (QED) is 0.0629. The first-order chi connectivity index (χ1) is 24.3. The zero-order valence-corrected chi connectivity index (χ0v) is 43.8. The molecule has 4 unspecified atom stereocenters. The van der Waals surface area contributed by atoms with Crippen LogP contribution in [0, 0.1) is 23.7 Å². The Kier molecular flexibility index (Phi) is 30.3. The van der Waals surface area contributed by atoms with Crippen LogP contribution in [-0.4, -0.2) is 84.9 Å². The van der Waals surface area contributed by atoms with Gasteiger partial charge in [-0.25, -0.2) is 0 Å². The number of hydrogen-bond acceptors (Lipinski definition) is 17. The minimum Gasteiger partial charge on any atom is -0.481 e. The molecule has 318 valence electrons. The number of carboxylic acid groups (broad SMARTS) is 1. The summed E-state index contributed by atoms with van der Waals surface area (Å²) >= 11 is 29.5. The number of carbonyl (C=O) groups is 1. The van der Waals surface area contributed by atoms with Crippen molar-refractivity contribution in [3.05, 3.63) is 0 Å². The molecule has 0 bridgehead atoms. The maximum Gasteiger partial charge on any atom is 0.304 e. The van der Waals surface area contributed by atoms with E-state index in [0.717, 1.165) is 0 Å². The zero-order valence-electron chi connectivity index (χ0n) is 33.7. The van der Waals surface area contributed by atoms with Gasteiger partial charge in [-0.05, 0) is 106 Å². The summed E-state index contributed by atoms with van der Waals surface area (Å²) in [5.41, 5.74) is -11.1. The molecule has 53 heavy (non-hydrogen) atoms. The van der Waals surface area contributed by atoms with Gasteiger partial charge in [0.1, 0.15) is 0 Å². The van der Waals surface area contributed by atoms with Crippen LogP contribution in [0.4, 0.5) is 0 Å². The highest BCUT2D eigenvalue weighted by Crippen LogP contribution is 2.68. The first-order valence-corrected chi connectivity index (χ1v) is 34.7. The number of hydrogen-bond donors (Lipinski definition) is 1. The van der Waals surface area contributed by atoms with Crippen molar-refractivity contribution in [1.82, 2.24) is 0 Å². The van der Waals surface area contributed by atoms with E-state index in [0.29, 0.717) is 67.4 Å². The summed E-state index contributed by atoms with van der Waals surface area (Å²) in [4.78, 5) is 11.2. The van der Waals surface area contributed by atoms with Crippen molar-refractivity contribution in [1.29, 1.82) is 0 Å². The van der Waals surface area contributed by atoms with Gasteiger partial charge in [0.05, 0.1) is 57.3 Å². The Morgan fingerprint density at radius 3 is 1.04 bits per heavy atom. The third-order valence-electron chi connectivity index (χ3n) is 5.50. The van der Waals surface area contributed by atoms with Gasteiger partial charge in [0.25, 0.3) is 0 Å². The second kappa shape index (κ2) is 28.6. The normalized spacial score (nSPS) is 17.1. The molecule has 1 N–H and O–H groups in total. The molecule has 0 aromatic carbocycles. The molecule has 0 saturated heterocycles. The van der Waals surface area contributed by atoms with Gasteiger partial charge in [-0.15, -0.1) is 0 Å². The fourth-order valence-corrected chi connectivity index (χ4v) is 23.7. The second-order valence-corrected chi connectivity index (χ2v) is 39.6. The lowest BCUT2D eigenvalue weighted by Gasteiger charge is -2.31. The first kappa shape index (κ1) is 56.1. The summed E-state index contributed by atoms with van der Waals surface area (Å²) in [7, 11) is 0. The van der Waals surface area contributed by atoms with Gasteiger partial charge < -0.3 is 41.3 Å². The minimum atomic E-state index is -3.01. The molecule has 0 spiro atoms. The van der Waals surface area contributed by atoms with Gasteiger partial charge >= 0.3 is 5.97 Å². The highest BCUT2D eigenvalue weighted by molar-refractivity contribution is 8.69. The van der Waals surface area contributed by atoms with Crippen molar-refractivity contribution in [2.45, 2.75) is 121 Å². The van der Waals surface area contributed by atoms with E-state index in [9.17, 15) is 4.79 Å². The molecule has 4 atom stereocenters. The van der Waals surface area contributed by atoms with Crippen LogP contribution in [0.3, 0.4) is 0 Å². The van der Waals surface area contributed by atoms with Crippen molar-refractivity contribution in [3.63, 3.8) is 0 Å². The third-order valence-corrected chi connectivity index (χ3v) is 27.5. The fourth-order valence-electron chi connectivity index (χ4n) is 3.20. The monoisotopic (exact) mass is 978 g/mol. The van der Waals surface area contributed by atoms with Crippen LogP contribution in [-0.2, 0) is 88.2 Å². The van der Waals surface area contributed by atoms with E-state index in [4.69, 9.17) is 88.5 Å². The summed E-state index contributed by atoms with van der Waals surface area (Å²) in [5.74, 6) is 2.06. The van der Waals surface area contributed by atoms with Gasteiger partial charge in [-0.2, -0.15) is 0 Å². The standard InChI is InChI=1S/C31H66O10P4S8/c1-23(2)16-34-42(46,35-17-24(3)4)51-20-28(11)40-45(49,41-29(12)21-52-43(47,36-18-25(5)6)37-19-26(7)8)53-22-30(13)39-44(48,38-27(9)10)50-15-14-31(32)33/h23-30H,14-22H2,1-13H3,(H,32,33). The molecule has 0 amide bonds. The Bertz CT molecular complexity index is 1140. The van der Waals surface area contributed by atoms with Gasteiger partial charge in [0.2, 0.25) is 22.8 Å². The summed E-state index contributed by atoms with van der Waals surface area (Å²) in [6.07, 6.45) is -1.28. The third kappa shape index (κ3) is 29.9. The van der Waals surface area contributed by atoms with E-state index >= 15 is 0 Å². The lowest BCUT2D eigenvalue weighted by molar-refractivity contribution is -0.136. The average Bonchev–Trinajstić information content (AvgIpc) is 3.01. The minimum absolute atomic E-state index is 0.0386. The summed E-state index contributed by atoms with van der Waals surface area (Å²) in [5, 5.41) is 9.16. The summed E-state index contributed by atoms with van der Waals surface area (Å²) in [6, 6.07) is 0. The van der Waals surface area contributed by atoms with Crippen LogP contribution in [0.25, 0.3) is 0 Å². The smallest absolute Gasteiger partial charge is 0.304 e. The van der Waals surface area contributed by atoms with Crippen LogP contribution in [0.5, 0.6) is 0 Å². The lowest BCUT2D eigenvalue weighted by atomic mass is 10.2. The van der Waals surface area contributed by atoms with E-state index in [1.807, 2.05) is 34.6 Å². The highest BCUT2D eigenvalue weighted by Gasteiger charge is 2.32. The number of carboxylic acids is 1. The molecule has 0 rings (SSSR count). The Morgan fingerprint density at radius 1 is 0.491 bits per heavy atom. The van der Waals surface area contributed by atoms with Crippen molar-refractivity contribution in [3.8, 4) is 0 Å². The Hall–Kier alpha value is 3.15. The molecule has 0 heterocycles. The molecule has 0 aliphatic rings. The first-order valence-electron chi connectivity index (χ1n) is 17.8. The molecule has 22 heteroatoms. The Balaban J connectivity index is 6.08. The Morgan fingerprint density at radius 2 is 0.774 bits per heavy atom. The molecule has 10 nitrogen and oxygen atoms in total. The van der Waals surface area contributed by atoms with Crippen LogP contribution < -0.4 is 0 Å². The Labute approximate surface area is 358 Å². The van der Waals surface area contributed by atoms with Crippen molar-refractivity contribution in [2.75, 3.05) is 49.4 Å². The van der Waals surface area contributed by atoms with E-state index < -0.39 is 28.7 Å². The van der Waals surface area contributed by atoms with Crippen LogP contribution in [0.15, 0.2) is 0 Å². The topological polar surface area (TPSA) is 111 Å². The van der Waals surface area contributed by atoms with E-state index in [1.54, 1.807) is 0 Å². The SMILES string of the molecule is CC(C)COP(=S)(OCC(C)C)SCC(C)OP(=S)(OC(C)CSP(=S)(OCC(C)C)OCC(C)C)SCC(C)OP(=S)(OC(C)C)SCCC(=O)O. The van der Waals surface area contributed by atoms with Crippen molar-refractivity contribution in [2.24, 2.45) is 23.7 Å². The predicted molar refractivity (Wildman–Crippen MR) is 250 cm³/mol. The number of rotatable bonds is 33. The zero-order chi connectivity index (χ0) is 41.0. The highest BCUT2D eigenvalue weighted by atomic mass is 32.9. The van der Waals surface area contributed by atoms with E-state index in [-0.39, 0.29) is 36.6 Å². The molecule has 0 aromatic rings. The summed E-state index contributed by atoms with van der Waals surface area (Å²) in [6.45, 7) is 28.3. The summed E-state index contributed by atoms with van der Waals surface area (Å²) < 4.78 is 50.3. The molecule has 0 fully saturated rings. The van der Waals surface area contributed by atoms with Crippen molar-refractivity contribution >= 4 is 121 Å². The van der Waals surface area contributed by atoms with Crippen LogP contribution >= 0.6 is 68.3 Å². The van der Waals surface area contributed by atoms with Crippen LogP contribution in [0.2, 0.25) is 0 Å². The van der Waals surface area contributed by atoms with Crippen LogP contribution in [0.1, 0.15) is 96.4 Å². The van der Waals surface area contributed by atoms with Crippen molar-refractivity contribution < 1.29 is 46.1 Å². The predicted octanol–water partition coefficient (Wildman–Crippen LogP) is 12.6. The average molecular weight is 979 g/mol. The molecule has 0 aliphatic carbocycles. The van der Waals surface area contributed by atoms with Gasteiger partial charge in [-0.1, -0.05) is 101 Å². The maximum absolute atomic E-state index is 11.2. The molecule has 0 aliphatic heterocycles. The number of aliphatic carboxylic acids is 1. The molecule has 0 saturated carbocycles. The second-order valence-electron chi connectivity index (χ2n) is 14.3. The van der Waals surface area contributed by atoms with E-state index in [1.165, 1.54) is 45.5 Å². The maximum atomic E-state index is 11.2. The molecular formula is C31H66O10P4S8. The van der Waals surface area contributed by atoms with Gasteiger partial charge in [0, 0.05) is 23.0 Å². The van der Waals surface area contributed by atoms with Gasteiger partial charge in [-0.3, -0.25) is 4.79 Å².